The molecule has 17 heavy (non-hydrogen) atoms. The van der Waals surface area contributed by atoms with Crippen molar-refractivity contribution >= 4 is 14.2 Å². The Morgan fingerprint density at radius 1 is 1.24 bits per heavy atom. The van der Waals surface area contributed by atoms with E-state index in [1.165, 1.54) is 6.42 Å². The molecule has 0 aromatic carbocycles. The first kappa shape index (κ1) is 14.5. The van der Waals surface area contributed by atoms with Crippen LogP contribution in [0.3, 0.4) is 0 Å². The van der Waals surface area contributed by atoms with Gasteiger partial charge in [0.1, 0.15) is 5.60 Å². The Hall–Kier alpha value is -0.513. The van der Waals surface area contributed by atoms with E-state index in [4.69, 9.17) is 4.74 Å². The molecule has 1 aliphatic heterocycles. The smallest absolute Gasteiger partial charge is 0.410 e. The molecule has 0 saturated carbocycles. The molecule has 1 saturated heterocycles. The highest BCUT2D eigenvalue weighted by atomic mass is 28.3. The lowest BCUT2D eigenvalue weighted by Crippen LogP contribution is -2.56. The second kappa shape index (κ2) is 5.00. The van der Waals surface area contributed by atoms with Crippen LogP contribution in [0, 0.1) is 0 Å². The normalized spacial score (nSPS) is 22.5. The molecule has 1 fully saturated rings. The number of carbonyl (C=O) groups excluding carboxylic acids is 1. The summed E-state index contributed by atoms with van der Waals surface area (Å²) < 4.78 is 5.51. The van der Waals surface area contributed by atoms with Gasteiger partial charge in [0, 0.05) is 12.2 Å². The van der Waals surface area contributed by atoms with Crippen molar-refractivity contribution in [3.05, 3.63) is 0 Å². The molecule has 0 N–H and O–H groups in total. The largest absolute Gasteiger partial charge is 0.444 e. The van der Waals surface area contributed by atoms with Gasteiger partial charge in [0.15, 0.2) is 0 Å². The van der Waals surface area contributed by atoms with Crippen molar-refractivity contribution in [1.29, 1.82) is 0 Å². The Balaban J connectivity index is 2.75. The third-order valence-electron chi connectivity index (χ3n) is 3.13. The molecule has 3 nitrogen and oxygen atoms in total. The molecular formula is C13H27NO2Si. The average Bonchev–Trinajstić information content (AvgIpc) is 2.13. The lowest BCUT2D eigenvalue weighted by molar-refractivity contribution is 0.0169. The van der Waals surface area contributed by atoms with Crippen molar-refractivity contribution in [3.8, 4) is 0 Å². The van der Waals surface area contributed by atoms with E-state index in [1.54, 1.807) is 0 Å². The maximum Gasteiger partial charge on any atom is 0.410 e. The van der Waals surface area contributed by atoms with E-state index in [9.17, 15) is 4.79 Å². The van der Waals surface area contributed by atoms with Crippen LogP contribution in [0.5, 0.6) is 0 Å². The molecule has 4 heteroatoms. The number of rotatable bonds is 1. The summed E-state index contributed by atoms with van der Waals surface area (Å²) in [5.74, 6) is 0. The maximum absolute atomic E-state index is 12.2. The van der Waals surface area contributed by atoms with Crippen LogP contribution in [0.15, 0.2) is 0 Å². The van der Waals surface area contributed by atoms with Gasteiger partial charge in [0.05, 0.1) is 8.07 Å². The van der Waals surface area contributed by atoms with Gasteiger partial charge in [0.25, 0.3) is 0 Å². The fourth-order valence-corrected chi connectivity index (χ4v) is 4.61. The summed E-state index contributed by atoms with van der Waals surface area (Å²) in [5.41, 5.74) is 0.0458. The van der Waals surface area contributed by atoms with Crippen LogP contribution in [-0.2, 0) is 4.74 Å². The fourth-order valence-electron chi connectivity index (χ4n) is 2.37. The zero-order valence-corrected chi connectivity index (χ0v) is 13.2. The standard InChI is InChI=1S/C13H27NO2Si/c1-13(2,3)16-12(15)14-10-8-7-9-11(14)17(4,5)6/h11H,7-10H2,1-6H3/t11-/m0/s1. The Labute approximate surface area is 107 Å². The molecule has 0 spiro atoms. The van der Waals surface area contributed by atoms with Crippen molar-refractivity contribution in [1.82, 2.24) is 4.90 Å². The van der Waals surface area contributed by atoms with Gasteiger partial charge in [-0.15, -0.1) is 0 Å². The molecule has 1 amide bonds. The van der Waals surface area contributed by atoms with Gasteiger partial charge in [-0.2, -0.15) is 0 Å². The molecule has 1 aliphatic rings. The van der Waals surface area contributed by atoms with Crippen molar-refractivity contribution in [2.24, 2.45) is 0 Å². The SMILES string of the molecule is CC(C)(C)OC(=O)N1CCCC[C@@H]1[Si](C)(C)C. The predicted octanol–water partition coefficient (Wildman–Crippen LogP) is 3.65. The topological polar surface area (TPSA) is 29.5 Å². The number of piperidine rings is 1. The molecule has 0 aromatic rings. The molecule has 0 radical (unpaired) electrons. The van der Waals surface area contributed by atoms with E-state index in [0.29, 0.717) is 5.67 Å². The Kier molecular flexibility index (Phi) is 4.28. The Morgan fingerprint density at radius 3 is 2.29 bits per heavy atom. The highest BCUT2D eigenvalue weighted by molar-refractivity contribution is 6.77. The molecule has 1 heterocycles. The zero-order chi connectivity index (χ0) is 13.3. The summed E-state index contributed by atoms with van der Waals surface area (Å²) in [4.78, 5) is 14.2. The van der Waals surface area contributed by atoms with Gasteiger partial charge in [-0.25, -0.2) is 4.79 Å². The highest BCUT2D eigenvalue weighted by Crippen LogP contribution is 2.26. The van der Waals surface area contributed by atoms with Gasteiger partial charge < -0.3 is 9.64 Å². The van der Waals surface area contributed by atoms with E-state index < -0.39 is 13.7 Å². The van der Waals surface area contributed by atoms with E-state index in [-0.39, 0.29) is 6.09 Å². The van der Waals surface area contributed by atoms with Crippen molar-refractivity contribution in [2.75, 3.05) is 6.54 Å². The molecule has 1 rings (SSSR count). The Morgan fingerprint density at radius 2 is 1.82 bits per heavy atom. The number of nitrogens with zero attached hydrogens (tertiary/aromatic N) is 1. The van der Waals surface area contributed by atoms with E-state index in [1.807, 2.05) is 25.7 Å². The van der Waals surface area contributed by atoms with Crippen molar-refractivity contribution in [3.63, 3.8) is 0 Å². The van der Waals surface area contributed by atoms with Crippen LogP contribution >= 0.6 is 0 Å². The van der Waals surface area contributed by atoms with Crippen LogP contribution < -0.4 is 0 Å². The first-order valence-electron chi connectivity index (χ1n) is 6.61. The highest BCUT2D eigenvalue weighted by Gasteiger charge is 2.38. The van der Waals surface area contributed by atoms with Gasteiger partial charge in [-0.1, -0.05) is 19.6 Å². The number of hydrogen-bond acceptors (Lipinski definition) is 2. The zero-order valence-electron chi connectivity index (χ0n) is 12.2. The van der Waals surface area contributed by atoms with Gasteiger partial charge in [-0.05, 0) is 40.0 Å². The minimum Gasteiger partial charge on any atom is -0.444 e. The lowest BCUT2D eigenvalue weighted by atomic mass is 10.1. The molecule has 0 aromatic heterocycles. The van der Waals surface area contributed by atoms with Gasteiger partial charge in [0.2, 0.25) is 0 Å². The van der Waals surface area contributed by atoms with Gasteiger partial charge in [-0.3, -0.25) is 0 Å². The number of hydrogen-bond donors (Lipinski definition) is 0. The molecule has 0 aliphatic carbocycles. The van der Waals surface area contributed by atoms with E-state index >= 15 is 0 Å². The number of amides is 1. The quantitative estimate of drug-likeness (QED) is 0.671. The molecule has 100 valence electrons. The summed E-state index contributed by atoms with van der Waals surface area (Å²) in [6.07, 6.45) is 3.38. The molecule has 0 bridgehead atoms. The fraction of sp³-hybridized carbons (Fsp3) is 0.923. The van der Waals surface area contributed by atoms with Crippen molar-refractivity contribution < 1.29 is 9.53 Å². The molecule has 1 atom stereocenters. The number of likely N-dealkylation sites (tertiary alicyclic amines) is 1. The third kappa shape index (κ3) is 4.34. The van der Waals surface area contributed by atoms with Crippen LogP contribution in [0.1, 0.15) is 40.0 Å². The molecular weight excluding hydrogens is 230 g/mol. The number of carbonyl (C=O) groups is 1. The number of ether oxygens (including phenoxy) is 1. The molecule has 0 unspecified atom stereocenters. The summed E-state index contributed by atoms with van der Waals surface area (Å²) in [6, 6.07) is 0. The van der Waals surface area contributed by atoms with Crippen LogP contribution in [-0.4, -0.2) is 36.9 Å². The van der Waals surface area contributed by atoms with E-state index in [2.05, 4.69) is 19.6 Å². The van der Waals surface area contributed by atoms with Gasteiger partial charge >= 0.3 is 6.09 Å². The minimum absolute atomic E-state index is 0.121. The van der Waals surface area contributed by atoms with Crippen LogP contribution in [0.2, 0.25) is 19.6 Å². The minimum atomic E-state index is -1.33. The van der Waals surface area contributed by atoms with Crippen LogP contribution in [0.4, 0.5) is 4.79 Å². The maximum atomic E-state index is 12.2. The van der Waals surface area contributed by atoms with Crippen LogP contribution in [0.25, 0.3) is 0 Å². The van der Waals surface area contributed by atoms with E-state index in [0.717, 1.165) is 19.4 Å². The lowest BCUT2D eigenvalue weighted by Gasteiger charge is -2.42. The summed E-state index contributed by atoms with van der Waals surface area (Å²) in [6.45, 7) is 13.7. The third-order valence-corrected chi connectivity index (χ3v) is 5.73. The first-order valence-corrected chi connectivity index (χ1v) is 10.2. The first-order chi connectivity index (χ1) is 7.61. The second-order valence-corrected chi connectivity index (χ2v) is 12.4. The predicted molar refractivity (Wildman–Crippen MR) is 73.9 cm³/mol. The monoisotopic (exact) mass is 257 g/mol. The summed E-state index contributed by atoms with van der Waals surface area (Å²) >= 11 is 0. The average molecular weight is 257 g/mol. The Bertz CT molecular complexity index is 278. The van der Waals surface area contributed by atoms with Crippen molar-refractivity contribution in [2.45, 2.75) is 70.9 Å². The summed E-state index contributed by atoms with van der Waals surface area (Å²) in [7, 11) is -1.33. The summed E-state index contributed by atoms with van der Waals surface area (Å²) in [5, 5.41) is 0. The second-order valence-electron chi connectivity index (χ2n) is 7.05.